The topological polar surface area (TPSA) is 58.6 Å². The van der Waals surface area contributed by atoms with Crippen LogP contribution in [-0.4, -0.2) is 49.1 Å². The number of nitrogens with zero attached hydrogens (tertiary/aromatic N) is 1. The van der Waals surface area contributed by atoms with Crippen LogP contribution >= 0.6 is 0 Å². The molecule has 154 valence electrons. The van der Waals surface area contributed by atoms with Crippen molar-refractivity contribution in [3.8, 4) is 0 Å². The average molecular weight is 395 g/mol. The smallest absolute Gasteiger partial charge is 0.251 e. The summed E-state index contributed by atoms with van der Waals surface area (Å²) in [5.41, 5.74) is 1.51. The number of carbonyl (C=O) groups is 2. The zero-order chi connectivity index (χ0) is 20.5. The number of methoxy groups -OCH3 is 1. The number of hydrogen-bond acceptors (Lipinski definition) is 3. The lowest BCUT2D eigenvalue weighted by molar-refractivity contribution is -0.132. The van der Waals surface area contributed by atoms with E-state index in [2.05, 4.69) is 17.4 Å². The number of carbonyl (C=O) groups excluding carboxylic acids is 2. The Morgan fingerprint density at radius 1 is 1.00 bits per heavy atom. The number of piperidine rings is 1. The van der Waals surface area contributed by atoms with Gasteiger partial charge in [-0.2, -0.15) is 0 Å². The van der Waals surface area contributed by atoms with E-state index in [1.165, 1.54) is 5.56 Å². The summed E-state index contributed by atoms with van der Waals surface area (Å²) in [6, 6.07) is 19.4. The standard InChI is InChI=1S/C24H30N2O3/c1-29-19-16-24(25-23(28)21-10-6-3-7-11-21)14-17-26(18-15-24)22(27)13-12-20-8-4-2-5-9-20/h2-11H,12-19H2,1H3,(H,25,28). The van der Waals surface area contributed by atoms with Gasteiger partial charge in [0.1, 0.15) is 0 Å². The van der Waals surface area contributed by atoms with E-state index in [0.29, 0.717) is 31.7 Å². The molecule has 1 aliphatic heterocycles. The molecule has 0 saturated carbocycles. The number of benzene rings is 2. The minimum Gasteiger partial charge on any atom is -0.385 e. The maximum absolute atomic E-state index is 12.7. The summed E-state index contributed by atoms with van der Waals surface area (Å²) in [5.74, 6) is 0.120. The number of likely N-dealkylation sites (tertiary alicyclic amines) is 1. The van der Waals surface area contributed by atoms with Crippen LogP contribution in [0.2, 0.25) is 0 Å². The van der Waals surface area contributed by atoms with E-state index < -0.39 is 0 Å². The molecule has 1 aliphatic rings. The van der Waals surface area contributed by atoms with E-state index in [0.717, 1.165) is 25.7 Å². The van der Waals surface area contributed by atoms with Gasteiger partial charge in [0.15, 0.2) is 0 Å². The summed E-state index contributed by atoms with van der Waals surface area (Å²) in [4.78, 5) is 27.3. The lowest BCUT2D eigenvalue weighted by atomic mass is 9.84. The Morgan fingerprint density at radius 3 is 2.24 bits per heavy atom. The number of rotatable bonds is 8. The van der Waals surface area contributed by atoms with Crippen LogP contribution in [0, 0.1) is 0 Å². The van der Waals surface area contributed by atoms with E-state index in [-0.39, 0.29) is 17.4 Å². The van der Waals surface area contributed by atoms with Crippen LogP contribution in [0.4, 0.5) is 0 Å². The molecule has 3 rings (SSSR count). The Bertz CT molecular complexity index is 784. The van der Waals surface area contributed by atoms with Gasteiger partial charge in [0, 0.05) is 44.3 Å². The lowest BCUT2D eigenvalue weighted by Gasteiger charge is -2.42. The van der Waals surface area contributed by atoms with Crippen LogP contribution in [0.1, 0.15) is 41.6 Å². The number of ether oxygens (including phenoxy) is 1. The van der Waals surface area contributed by atoms with Crippen molar-refractivity contribution in [2.45, 2.75) is 37.6 Å². The SMILES string of the molecule is COCCC1(NC(=O)c2ccccc2)CCN(C(=O)CCc2ccccc2)CC1. The molecule has 0 radical (unpaired) electrons. The summed E-state index contributed by atoms with van der Waals surface area (Å²) in [6.07, 6.45) is 3.51. The quantitative estimate of drug-likeness (QED) is 0.746. The molecule has 0 aromatic heterocycles. The molecule has 2 aromatic rings. The average Bonchev–Trinajstić information content (AvgIpc) is 2.78. The van der Waals surface area contributed by atoms with Crippen molar-refractivity contribution in [1.82, 2.24) is 10.2 Å². The maximum atomic E-state index is 12.7. The molecule has 5 nitrogen and oxygen atoms in total. The van der Waals surface area contributed by atoms with Crippen molar-refractivity contribution in [2.75, 3.05) is 26.8 Å². The van der Waals surface area contributed by atoms with Gasteiger partial charge in [-0.3, -0.25) is 9.59 Å². The number of amides is 2. The van der Waals surface area contributed by atoms with Crippen molar-refractivity contribution in [1.29, 1.82) is 0 Å². The highest BCUT2D eigenvalue weighted by Gasteiger charge is 2.37. The maximum Gasteiger partial charge on any atom is 0.251 e. The molecule has 0 bridgehead atoms. The minimum absolute atomic E-state index is 0.0643. The van der Waals surface area contributed by atoms with E-state index >= 15 is 0 Å². The molecule has 2 aromatic carbocycles. The van der Waals surface area contributed by atoms with Gasteiger partial charge in [0.2, 0.25) is 5.91 Å². The normalized spacial score (nSPS) is 15.7. The van der Waals surface area contributed by atoms with Crippen molar-refractivity contribution in [3.63, 3.8) is 0 Å². The Balaban J connectivity index is 1.57. The van der Waals surface area contributed by atoms with Crippen molar-refractivity contribution in [2.24, 2.45) is 0 Å². The first-order chi connectivity index (χ1) is 14.1. The van der Waals surface area contributed by atoms with Gasteiger partial charge in [-0.05, 0) is 43.4 Å². The molecule has 0 atom stereocenters. The summed E-state index contributed by atoms with van der Waals surface area (Å²) in [5, 5.41) is 3.24. The third kappa shape index (κ3) is 5.91. The highest BCUT2D eigenvalue weighted by atomic mass is 16.5. The van der Waals surface area contributed by atoms with E-state index in [9.17, 15) is 9.59 Å². The summed E-state index contributed by atoms with van der Waals surface area (Å²) < 4.78 is 5.29. The Labute approximate surface area is 173 Å². The first kappa shape index (κ1) is 21.1. The van der Waals surface area contributed by atoms with Crippen LogP contribution in [0.15, 0.2) is 60.7 Å². The molecular formula is C24H30N2O3. The zero-order valence-electron chi connectivity index (χ0n) is 17.1. The predicted molar refractivity (Wildman–Crippen MR) is 114 cm³/mol. The van der Waals surface area contributed by atoms with Gasteiger partial charge in [-0.15, -0.1) is 0 Å². The monoisotopic (exact) mass is 394 g/mol. The van der Waals surface area contributed by atoms with Crippen LogP contribution < -0.4 is 5.32 Å². The molecular weight excluding hydrogens is 364 g/mol. The fourth-order valence-corrected chi connectivity index (χ4v) is 3.88. The second-order valence-electron chi connectivity index (χ2n) is 7.71. The van der Waals surface area contributed by atoms with Crippen molar-refractivity contribution >= 4 is 11.8 Å². The van der Waals surface area contributed by atoms with Crippen molar-refractivity contribution < 1.29 is 14.3 Å². The molecule has 1 saturated heterocycles. The largest absolute Gasteiger partial charge is 0.385 e. The van der Waals surface area contributed by atoms with Gasteiger partial charge in [0.25, 0.3) is 5.91 Å². The van der Waals surface area contributed by atoms with Crippen molar-refractivity contribution in [3.05, 3.63) is 71.8 Å². The Morgan fingerprint density at radius 2 is 1.62 bits per heavy atom. The van der Waals surface area contributed by atoms with Gasteiger partial charge in [0.05, 0.1) is 0 Å². The van der Waals surface area contributed by atoms with E-state index in [1.807, 2.05) is 53.4 Å². The molecule has 0 spiro atoms. The van der Waals surface area contributed by atoms with Crippen LogP contribution in [0.3, 0.4) is 0 Å². The van der Waals surface area contributed by atoms with Gasteiger partial charge in [-0.1, -0.05) is 48.5 Å². The Hall–Kier alpha value is -2.66. The van der Waals surface area contributed by atoms with E-state index in [1.54, 1.807) is 7.11 Å². The first-order valence-electron chi connectivity index (χ1n) is 10.3. The molecule has 2 amide bonds. The minimum atomic E-state index is -0.334. The highest BCUT2D eigenvalue weighted by Crippen LogP contribution is 2.27. The molecule has 1 N–H and O–H groups in total. The fraction of sp³-hybridized carbons (Fsp3) is 0.417. The fourth-order valence-electron chi connectivity index (χ4n) is 3.88. The van der Waals surface area contributed by atoms with Gasteiger partial charge >= 0.3 is 0 Å². The molecule has 5 heteroatoms. The van der Waals surface area contributed by atoms with Gasteiger partial charge < -0.3 is 15.0 Å². The van der Waals surface area contributed by atoms with Crippen LogP contribution in [-0.2, 0) is 16.0 Å². The summed E-state index contributed by atoms with van der Waals surface area (Å²) in [6.45, 7) is 1.90. The highest BCUT2D eigenvalue weighted by molar-refractivity contribution is 5.94. The number of nitrogens with one attached hydrogen (secondary N) is 1. The third-order valence-electron chi connectivity index (χ3n) is 5.74. The predicted octanol–water partition coefficient (Wildman–Crippen LogP) is 3.45. The second kappa shape index (κ2) is 10.2. The lowest BCUT2D eigenvalue weighted by Crippen LogP contribution is -2.56. The zero-order valence-corrected chi connectivity index (χ0v) is 17.1. The van der Waals surface area contributed by atoms with Crippen LogP contribution in [0.25, 0.3) is 0 Å². The van der Waals surface area contributed by atoms with Crippen LogP contribution in [0.5, 0.6) is 0 Å². The third-order valence-corrected chi connectivity index (χ3v) is 5.74. The summed E-state index contributed by atoms with van der Waals surface area (Å²) >= 11 is 0. The summed E-state index contributed by atoms with van der Waals surface area (Å²) in [7, 11) is 1.68. The first-order valence-corrected chi connectivity index (χ1v) is 10.3. The number of aryl methyl sites for hydroxylation is 1. The molecule has 1 fully saturated rings. The Kier molecular flexibility index (Phi) is 7.42. The molecule has 29 heavy (non-hydrogen) atoms. The van der Waals surface area contributed by atoms with Gasteiger partial charge in [-0.25, -0.2) is 0 Å². The molecule has 1 heterocycles. The molecule has 0 aliphatic carbocycles. The molecule has 0 unspecified atom stereocenters. The number of hydrogen-bond donors (Lipinski definition) is 1. The second-order valence-corrected chi connectivity index (χ2v) is 7.71. The van der Waals surface area contributed by atoms with E-state index in [4.69, 9.17) is 4.74 Å².